The highest BCUT2D eigenvalue weighted by molar-refractivity contribution is 9.09. The molecule has 154 valence electrons. The molecule has 0 saturated heterocycles. The zero-order chi connectivity index (χ0) is 20.1. The number of rotatable bonds is 8. The molecule has 0 amide bonds. The normalized spacial score (nSPS) is 21.6. The fourth-order valence-electron chi connectivity index (χ4n) is 3.20. The summed E-state index contributed by atoms with van der Waals surface area (Å²) < 4.78 is 70.6. The van der Waals surface area contributed by atoms with Crippen LogP contribution < -0.4 is 0 Å². The van der Waals surface area contributed by atoms with Crippen molar-refractivity contribution in [2.45, 2.75) is 61.7 Å². The minimum Gasteiger partial charge on any atom is -0.378 e. The SMILES string of the molecule is CN(C1CCC(OCCCCBr)CC1)S(=O)(=O)c1ccc(C(F)(F)F)cc1. The summed E-state index contributed by atoms with van der Waals surface area (Å²) in [5, 5.41) is 0.954. The van der Waals surface area contributed by atoms with Crippen molar-refractivity contribution in [3.05, 3.63) is 29.8 Å². The molecule has 1 fully saturated rings. The number of halogens is 4. The number of hydrogen-bond donors (Lipinski definition) is 0. The van der Waals surface area contributed by atoms with E-state index in [9.17, 15) is 21.6 Å². The van der Waals surface area contributed by atoms with E-state index < -0.39 is 21.8 Å². The number of sulfonamides is 1. The monoisotopic (exact) mass is 471 g/mol. The van der Waals surface area contributed by atoms with Crippen LogP contribution in [0.15, 0.2) is 29.2 Å². The molecule has 27 heavy (non-hydrogen) atoms. The van der Waals surface area contributed by atoms with Crippen LogP contribution in [0, 0.1) is 0 Å². The number of ether oxygens (including phenoxy) is 1. The van der Waals surface area contributed by atoms with Gasteiger partial charge in [-0.3, -0.25) is 0 Å². The van der Waals surface area contributed by atoms with Gasteiger partial charge in [0.25, 0.3) is 0 Å². The zero-order valence-corrected chi connectivity index (χ0v) is 17.6. The summed E-state index contributed by atoms with van der Waals surface area (Å²) in [7, 11) is -2.33. The molecule has 0 unspecified atom stereocenters. The fraction of sp³-hybridized carbons (Fsp3) is 0.667. The van der Waals surface area contributed by atoms with Crippen LogP contribution in [0.25, 0.3) is 0 Å². The fourth-order valence-corrected chi connectivity index (χ4v) is 5.01. The minimum absolute atomic E-state index is 0.119. The van der Waals surface area contributed by atoms with Gasteiger partial charge in [-0.1, -0.05) is 15.9 Å². The first-order valence-electron chi connectivity index (χ1n) is 8.99. The summed E-state index contributed by atoms with van der Waals surface area (Å²) in [4.78, 5) is -0.119. The Morgan fingerprint density at radius 1 is 1.11 bits per heavy atom. The van der Waals surface area contributed by atoms with Crippen LogP contribution >= 0.6 is 15.9 Å². The Kier molecular flexibility index (Phi) is 8.15. The van der Waals surface area contributed by atoms with Gasteiger partial charge in [0, 0.05) is 25.0 Å². The van der Waals surface area contributed by atoms with Gasteiger partial charge in [0.15, 0.2) is 0 Å². The molecule has 1 saturated carbocycles. The molecule has 0 aliphatic heterocycles. The lowest BCUT2D eigenvalue weighted by Gasteiger charge is -2.34. The molecule has 1 aromatic rings. The summed E-state index contributed by atoms with van der Waals surface area (Å²) in [6, 6.07) is 3.48. The molecule has 1 aliphatic rings. The predicted octanol–water partition coefficient (Wildman–Crippen LogP) is 4.83. The third-order valence-corrected chi connectivity index (χ3v) is 7.38. The molecule has 0 radical (unpaired) electrons. The van der Waals surface area contributed by atoms with Gasteiger partial charge in [0.1, 0.15) is 0 Å². The first-order valence-corrected chi connectivity index (χ1v) is 11.5. The largest absolute Gasteiger partial charge is 0.416 e. The first-order chi connectivity index (χ1) is 12.7. The average Bonchev–Trinajstić information content (AvgIpc) is 2.64. The second-order valence-electron chi connectivity index (χ2n) is 6.74. The highest BCUT2D eigenvalue weighted by Crippen LogP contribution is 2.32. The van der Waals surface area contributed by atoms with Gasteiger partial charge in [-0.25, -0.2) is 8.42 Å². The van der Waals surface area contributed by atoms with Gasteiger partial charge < -0.3 is 4.74 Å². The van der Waals surface area contributed by atoms with Crippen LogP contribution in [0.1, 0.15) is 44.1 Å². The smallest absolute Gasteiger partial charge is 0.378 e. The third-order valence-electron chi connectivity index (χ3n) is 4.90. The topological polar surface area (TPSA) is 46.6 Å². The Morgan fingerprint density at radius 3 is 2.22 bits per heavy atom. The number of benzene rings is 1. The lowest BCUT2D eigenvalue weighted by molar-refractivity contribution is -0.137. The van der Waals surface area contributed by atoms with Gasteiger partial charge in [-0.05, 0) is 62.8 Å². The quantitative estimate of drug-likeness (QED) is 0.402. The second-order valence-corrected chi connectivity index (χ2v) is 9.53. The van der Waals surface area contributed by atoms with E-state index in [4.69, 9.17) is 4.74 Å². The Hall–Kier alpha value is -0.640. The van der Waals surface area contributed by atoms with Crippen LogP contribution in [0.3, 0.4) is 0 Å². The number of alkyl halides is 4. The van der Waals surface area contributed by atoms with E-state index in [1.54, 1.807) is 0 Å². The maximum Gasteiger partial charge on any atom is 0.416 e. The molecule has 4 nitrogen and oxygen atoms in total. The van der Waals surface area contributed by atoms with Crippen molar-refractivity contribution in [3.63, 3.8) is 0 Å². The minimum atomic E-state index is -4.49. The van der Waals surface area contributed by atoms with Crippen LogP contribution in [0.4, 0.5) is 13.2 Å². The summed E-state index contributed by atoms with van der Waals surface area (Å²) in [5.41, 5.74) is -0.860. The van der Waals surface area contributed by atoms with Gasteiger partial charge >= 0.3 is 6.18 Å². The molecule has 9 heteroatoms. The summed E-state index contributed by atoms with van der Waals surface area (Å²) in [6.07, 6.45) is 0.646. The molecule has 1 aromatic carbocycles. The van der Waals surface area contributed by atoms with Crippen molar-refractivity contribution in [3.8, 4) is 0 Å². The van der Waals surface area contributed by atoms with Crippen molar-refractivity contribution in [1.82, 2.24) is 4.31 Å². The van der Waals surface area contributed by atoms with E-state index in [2.05, 4.69) is 15.9 Å². The molecule has 0 spiro atoms. The summed E-state index contributed by atoms with van der Waals surface area (Å²) in [6.45, 7) is 0.709. The van der Waals surface area contributed by atoms with Gasteiger partial charge in [0.2, 0.25) is 10.0 Å². The van der Waals surface area contributed by atoms with Crippen LogP contribution in [0.5, 0.6) is 0 Å². The standard InChI is InChI=1S/C18H25BrF3NO3S/c1-23(15-6-8-16(9-7-15)26-13-3-2-12-19)27(24,25)17-10-4-14(5-11-17)18(20,21)22/h4-5,10-11,15-16H,2-3,6-9,12-13H2,1H3. The second kappa shape index (κ2) is 9.71. The maximum absolute atomic E-state index is 12.7. The number of hydrogen-bond acceptors (Lipinski definition) is 3. The van der Waals surface area contributed by atoms with Crippen LogP contribution in [-0.4, -0.2) is 43.9 Å². The molecule has 0 heterocycles. The highest BCUT2D eigenvalue weighted by atomic mass is 79.9. The summed E-state index contributed by atoms with van der Waals surface area (Å²) in [5.74, 6) is 0. The van der Waals surface area contributed by atoms with Crippen molar-refractivity contribution in [2.75, 3.05) is 19.0 Å². The molecule has 0 bridgehead atoms. The van der Waals surface area contributed by atoms with Crippen LogP contribution in [0.2, 0.25) is 0 Å². The van der Waals surface area contributed by atoms with E-state index in [1.165, 1.54) is 11.4 Å². The summed E-state index contributed by atoms with van der Waals surface area (Å²) >= 11 is 3.38. The van der Waals surface area contributed by atoms with Crippen molar-refractivity contribution < 1.29 is 26.3 Å². The van der Waals surface area contributed by atoms with Crippen molar-refractivity contribution >= 4 is 26.0 Å². The Labute approximate surface area is 167 Å². The van der Waals surface area contributed by atoms with Crippen molar-refractivity contribution in [1.29, 1.82) is 0 Å². The lowest BCUT2D eigenvalue weighted by atomic mass is 9.93. The Bertz CT molecular complexity index is 687. The van der Waals surface area contributed by atoms with Gasteiger partial charge in [-0.15, -0.1) is 0 Å². The van der Waals surface area contributed by atoms with Gasteiger partial charge in [0.05, 0.1) is 16.6 Å². The zero-order valence-electron chi connectivity index (χ0n) is 15.2. The average molecular weight is 472 g/mol. The molecular weight excluding hydrogens is 447 g/mol. The number of unbranched alkanes of at least 4 members (excludes halogenated alkanes) is 1. The van der Waals surface area contributed by atoms with E-state index in [1.807, 2.05) is 0 Å². The predicted molar refractivity (Wildman–Crippen MR) is 101 cm³/mol. The lowest BCUT2D eigenvalue weighted by Crippen LogP contribution is -2.40. The van der Waals surface area contributed by atoms with E-state index in [0.29, 0.717) is 19.4 Å². The molecular formula is C18H25BrF3NO3S. The molecule has 1 aliphatic carbocycles. The molecule has 0 atom stereocenters. The Balaban J connectivity index is 1.94. The Morgan fingerprint density at radius 2 is 1.70 bits per heavy atom. The highest BCUT2D eigenvalue weighted by Gasteiger charge is 2.33. The molecule has 0 aromatic heterocycles. The van der Waals surface area contributed by atoms with E-state index in [0.717, 1.165) is 55.3 Å². The molecule has 2 rings (SSSR count). The maximum atomic E-state index is 12.7. The van der Waals surface area contributed by atoms with Gasteiger partial charge in [-0.2, -0.15) is 17.5 Å². The van der Waals surface area contributed by atoms with Crippen LogP contribution in [-0.2, 0) is 20.9 Å². The van der Waals surface area contributed by atoms with E-state index >= 15 is 0 Å². The number of nitrogens with zero attached hydrogens (tertiary/aromatic N) is 1. The van der Waals surface area contributed by atoms with E-state index in [-0.39, 0.29) is 17.0 Å². The van der Waals surface area contributed by atoms with Crippen molar-refractivity contribution in [2.24, 2.45) is 0 Å². The molecule has 0 N–H and O–H groups in total. The first kappa shape index (κ1) is 22.6. The third kappa shape index (κ3) is 6.17.